The van der Waals surface area contributed by atoms with Crippen molar-refractivity contribution in [3.63, 3.8) is 0 Å². The van der Waals surface area contributed by atoms with Crippen molar-refractivity contribution < 1.29 is 19.0 Å². The summed E-state index contributed by atoms with van der Waals surface area (Å²) in [5, 5.41) is 10.0. The van der Waals surface area contributed by atoms with Crippen molar-refractivity contribution in [1.29, 1.82) is 0 Å². The maximum atomic E-state index is 13.7. The molecule has 35 heavy (non-hydrogen) atoms. The van der Waals surface area contributed by atoms with Gasteiger partial charge in [-0.15, -0.1) is 0 Å². The van der Waals surface area contributed by atoms with Gasteiger partial charge >= 0.3 is 0 Å². The van der Waals surface area contributed by atoms with Crippen LogP contribution in [0.2, 0.25) is 0 Å². The number of ether oxygens (including phenoxy) is 2. The van der Waals surface area contributed by atoms with Crippen LogP contribution in [0.25, 0.3) is 11.1 Å². The molecule has 2 aliphatic heterocycles. The van der Waals surface area contributed by atoms with Crippen molar-refractivity contribution in [2.45, 2.75) is 39.3 Å². The maximum Gasteiger partial charge on any atom is 0.150 e. The van der Waals surface area contributed by atoms with E-state index in [4.69, 9.17) is 9.47 Å². The molecule has 3 aromatic rings. The Morgan fingerprint density at radius 2 is 1.83 bits per heavy atom. The molecule has 0 aromatic heterocycles. The molecule has 0 bridgehead atoms. The molecule has 0 spiro atoms. The van der Waals surface area contributed by atoms with Crippen LogP contribution in [0.1, 0.15) is 50.0 Å². The van der Waals surface area contributed by atoms with E-state index in [2.05, 4.69) is 18.7 Å². The van der Waals surface area contributed by atoms with E-state index < -0.39 is 0 Å². The Bertz CT molecular complexity index is 1220. The summed E-state index contributed by atoms with van der Waals surface area (Å²) in [6, 6.07) is 20.0. The predicted octanol–water partition coefficient (Wildman–Crippen LogP) is 6.70. The molecule has 3 aromatic carbocycles. The fourth-order valence-electron chi connectivity index (χ4n) is 5.10. The Balaban J connectivity index is 1.40. The van der Waals surface area contributed by atoms with Crippen molar-refractivity contribution in [1.82, 2.24) is 4.90 Å². The average Bonchev–Trinajstić information content (AvgIpc) is 3.30. The Kier molecular flexibility index (Phi) is 6.52. The third-order valence-corrected chi connectivity index (χ3v) is 7.19. The maximum absolute atomic E-state index is 13.7. The number of benzene rings is 3. The van der Waals surface area contributed by atoms with Gasteiger partial charge in [0.05, 0.1) is 0 Å². The fraction of sp³-hybridized carbons (Fsp3) is 0.333. The molecule has 182 valence electrons. The standard InChI is InChI=1S/C30H32FNO3/c1-19-14-15-32(17-19)20(2)18-34-26-11-6-23(7-12-26)30-29(22-4-8-24(31)9-5-22)21(3)27-16-25(33)10-13-28(27)35-30/h4-13,16,19-20,30,33H,14-15,17-18H2,1-3H3/t19-,20+,30+/m1/s1. The monoisotopic (exact) mass is 473 g/mol. The van der Waals surface area contributed by atoms with E-state index in [-0.39, 0.29) is 17.7 Å². The molecule has 5 rings (SSSR count). The Hall–Kier alpha value is -3.31. The fourth-order valence-corrected chi connectivity index (χ4v) is 5.10. The quantitative estimate of drug-likeness (QED) is 0.432. The van der Waals surface area contributed by atoms with E-state index in [1.165, 1.54) is 18.6 Å². The largest absolute Gasteiger partial charge is 0.508 e. The smallest absolute Gasteiger partial charge is 0.150 e. The number of nitrogens with zero attached hydrogens (tertiary/aromatic N) is 1. The molecule has 3 atom stereocenters. The Morgan fingerprint density at radius 3 is 2.51 bits per heavy atom. The number of fused-ring (bicyclic) bond motifs is 1. The van der Waals surface area contributed by atoms with Crippen LogP contribution in [0.15, 0.2) is 66.7 Å². The van der Waals surface area contributed by atoms with Gasteiger partial charge in [-0.05, 0) is 91.9 Å². The lowest BCUT2D eigenvalue weighted by molar-refractivity contribution is 0.169. The summed E-state index contributed by atoms with van der Waals surface area (Å²) in [7, 11) is 0. The van der Waals surface area contributed by atoms with Gasteiger partial charge in [0.2, 0.25) is 0 Å². The first-order valence-corrected chi connectivity index (χ1v) is 12.3. The lowest BCUT2D eigenvalue weighted by atomic mass is 9.86. The van der Waals surface area contributed by atoms with Crippen LogP contribution < -0.4 is 9.47 Å². The topological polar surface area (TPSA) is 41.9 Å². The van der Waals surface area contributed by atoms with Gasteiger partial charge in [-0.1, -0.05) is 31.2 Å². The molecule has 0 unspecified atom stereocenters. The van der Waals surface area contributed by atoms with E-state index in [1.54, 1.807) is 30.3 Å². The highest BCUT2D eigenvalue weighted by molar-refractivity contribution is 5.95. The molecule has 1 fully saturated rings. The van der Waals surface area contributed by atoms with Gasteiger partial charge < -0.3 is 14.6 Å². The molecule has 0 radical (unpaired) electrons. The number of aromatic hydroxyl groups is 1. The van der Waals surface area contributed by atoms with Crippen molar-refractivity contribution >= 4 is 11.1 Å². The molecule has 1 N–H and O–H groups in total. The SMILES string of the molecule is CC1=C(c2ccc(F)cc2)[C@H](c2ccc(OC[C@H](C)N3CC[C@@H](C)C3)cc2)Oc2ccc(O)cc21. The third-order valence-electron chi connectivity index (χ3n) is 7.19. The van der Waals surface area contributed by atoms with Crippen LogP contribution in [0, 0.1) is 11.7 Å². The first kappa shape index (κ1) is 23.4. The summed E-state index contributed by atoms with van der Waals surface area (Å²) >= 11 is 0. The summed E-state index contributed by atoms with van der Waals surface area (Å²) in [6.07, 6.45) is 0.892. The second kappa shape index (κ2) is 9.74. The number of halogens is 1. The minimum Gasteiger partial charge on any atom is -0.508 e. The number of hydrogen-bond donors (Lipinski definition) is 1. The van der Waals surface area contributed by atoms with Crippen LogP contribution in [0.5, 0.6) is 17.2 Å². The van der Waals surface area contributed by atoms with Gasteiger partial charge in [-0.3, -0.25) is 4.90 Å². The highest BCUT2D eigenvalue weighted by Gasteiger charge is 2.30. The third kappa shape index (κ3) is 4.92. The van der Waals surface area contributed by atoms with Crippen molar-refractivity contribution in [2.75, 3.05) is 19.7 Å². The number of hydrogen-bond acceptors (Lipinski definition) is 4. The molecular formula is C30H32FNO3. The number of rotatable bonds is 6. The Labute approximate surface area is 206 Å². The average molecular weight is 474 g/mol. The van der Waals surface area contributed by atoms with E-state index in [0.717, 1.165) is 52.6 Å². The zero-order chi connectivity index (χ0) is 24.5. The van der Waals surface area contributed by atoms with Crippen LogP contribution in [0.4, 0.5) is 4.39 Å². The predicted molar refractivity (Wildman–Crippen MR) is 137 cm³/mol. The summed E-state index contributed by atoms with van der Waals surface area (Å²) in [6.45, 7) is 9.48. The summed E-state index contributed by atoms with van der Waals surface area (Å²) < 4.78 is 26.2. The minimum absolute atomic E-state index is 0.183. The van der Waals surface area contributed by atoms with E-state index in [0.29, 0.717) is 18.4 Å². The molecule has 5 heteroatoms. The lowest BCUT2D eigenvalue weighted by Crippen LogP contribution is -2.35. The van der Waals surface area contributed by atoms with Crippen molar-refractivity contribution in [3.8, 4) is 17.2 Å². The number of allylic oxidation sites excluding steroid dienone is 1. The summed E-state index contributed by atoms with van der Waals surface area (Å²) in [4.78, 5) is 2.49. The molecule has 0 saturated carbocycles. The molecule has 4 nitrogen and oxygen atoms in total. The van der Waals surface area contributed by atoms with Gasteiger partial charge in [0, 0.05) is 23.7 Å². The number of phenolic OH excluding ortho intramolecular Hbond substituents is 1. The molecule has 0 amide bonds. The van der Waals surface area contributed by atoms with Crippen LogP contribution >= 0.6 is 0 Å². The van der Waals surface area contributed by atoms with Crippen molar-refractivity contribution in [3.05, 3.63) is 89.2 Å². The van der Waals surface area contributed by atoms with Gasteiger partial charge in [0.15, 0.2) is 0 Å². The van der Waals surface area contributed by atoms with Crippen LogP contribution in [-0.4, -0.2) is 35.7 Å². The summed E-state index contributed by atoms with van der Waals surface area (Å²) in [5.74, 6) is 2.21. The van der Waals surface area contributed by atoms with Gasteiger partial charge in [-0.25, -0.2) is 4.39 Å². The lowest BCUT2D eigenvalue weighted by Gasteiger charge is -2.31. The van der Waals surface area contributed by atoms with Crippen molar-refractivity contribution in [2.24, 2.45) is 5.92 Å². The minimum atomic E-state index is -0.364. The Morgan fingerprint density at radius 1 is 1.09 bits per heavy atom. The first-order valence-electron chi connectivity index (χ1n) is 12.3. The second-order valence-corrected chi connectivity index (χ2v) is 9.84. The molecular weight excluding hydrogens is 441 g/mol. The van der Waals surface area contributed by atoms with E-state index in [9.17, 15) is 9.50 Å². The van der Waals surface area contributed by atoms with Crippen LogP contribution in [-0.2, 0) is 0 Å². The van der Waals surface area contributed by atoms with Crippen LogP contribution in [0.3, 0.4) is 0 Å². The van der Waals surface area contributed by atoms with E-state index in [1.807, 2.05) is 31.2 Å². The zero-order valence-electron chi connectivity index (χ0n) is 20.5. The van der Waals surface area contributed by atoms with Gasteiger partial charge in [0.1, 0.15) is 35.8 Å². The molecule has 2 aliphatic rings. The van der Waals surface area contributed by atoms with Gasteiger partial charge in [-0.2, -0.15) is 0 Å². The van der Waals surface area contributed by atoms with Gasteiger partial charge in [0.25, 0.3) is 0 Å². The normalized spacial score (nSPS) is 20.9. The highest BCUT2D eigenvalue weighted by Crippen LogP contribution is 2.47. The first-order chi connectivity index (χ1) is 16.9. The highest BCUT2D eigenvalue weighted by atomic mass is 19.1. The zero-order valence-corrected chi connectivity index (χ0v) is 20.5. The molecule has 2 heterocycles. The van der Waals surface area contributed by atoms with E-state index >= 15 is 0 Å². The molecule has 1 saturated heterocycles. The number of phenols is 1. The second-order valence-electron chi connectivity index (χ2n) is 9.84. The summed E-state index contributed by atoms with van der Waals surface area (Å²) in [5.41, 5.74) is 4.65. The number of likely N-dealkylation sites (tertiary alicyclic amines) is 1. The molecule has 0 aliphatic carbocycles.